The number of carbonyl (C=O) groups is 3. The SMILES string of the molecule is CCN1CCN(c2ccc(C(N)=O)c([C@@H](C(=O)N3C[C@H](C4CC4)[C@H]4OCC(=O)[C@H]43)C3CCCCC3)c2)CC1. The monoisotopic (exact) mass is 522 g/mol. The fourth-order valence-corrected chi connectivity index (χ4v) is 7.65. The molecule has 3 aliphatic heterocycles. The molecule has 2 aliphatic carbocycles. The number of Topliss-reactive ketones (excluding diaryl/α,β-unsaturated/α-hetero) is 1. The molecule has 3 heterocycles. The number of benzene rings is 1. The smallest absolute Gasteiger partial charge is 0.249 e. The van der Waals surface area contributed by atoms with Gasteiger partial charge in [0.05, 0.1) is 12.0 Å². The fraction of sp³-hybridized carbons (Fsp3) is 0.700. The Labute approximate surface area is 225 Å². The highest BCUT2D eigenvalue weighted by Crippen LogP contribution is 2.48. The van der Waals surface area contributed by atoms with Crippen LogP contribution in [0.3, 0.4) is 0 Å². The molecule has 8 nitrogen and oxygen atoms in total. The van der Waals surface area contributed by atoms with Crippen LogP contribution < -0.4 is 10.6 Å². The first kappa shape index (κ1) is 25.8. The van der Waals surface area contributed by atoms with Gasteiger partial charge in [-0.1, -0.05) is 26.2 Å². The Balaban J connectivity index is 1.37. The summed E-state index contributed by atoms with van der Waals surface area (Å²) in [6.45, 7) is 7.73. The molecule has 0 bridgehead atoms. The number of primary amides is 1. The van der Waals surface area contributed by atoms with Gasteiger partial charge in [-0.15, -0.1) is 0 Å². The zero-order valence-corrected chi connectivity index (χ0v) is 22.6. The predicted molar refractivity (Wildman–Crippen MR) is 145 cm³/mol. The maximum atomic E-state index is 14.6. The normalized spacial score (nSPS) is 29.5. The van der Waals surface area contributed by atoms with Crippen molar-refractivity contribution in [1.82, 2.24) is 9.80 Å². The number of rotatable bonds is 7. The molecule has 4 atom stereocenters. The molecule has 1 aromatic rings. The lowest BCUT2D eigenvalue weighted by Crippen LogP contribution is -2.47. The van der Waals surface area contributed by atoms with Gasteiger partial charge in [0.1, 0.15) is 12.6 Å². The number of fused-ring (bicyclic) bond motifs is 1. The van der Waals surface area contributed by atoms with Gasteiger partial charge in [0.25, 0.3) is 0 Å². The van der Waals surface area contributed by atoms with Crippen molar-refractivity contribution in [3.05, 3.63) is 29.3 Å². The average Bonchev–Trinajstić information content (AvgIpc) is 3.61. The topological polar surface area (TPSA) is 96.2 Å². The number of amides is 2. The second-order valence-corrected chi connectivity index (χ2v) is 12.1. The highest BCUT2D eigenvalue weighted by Gasteiger charge is 2.57. The summed E-state index contributed by atoms with van der Waals surface area (Å²) in [5.74, 6) is -0.0359. The van der Waals surface area contributed by atoms with E-state index in [9.17, 15) is 14.4 Å². The van der Waals surface area contributed by atoms with E-state index in [0.717, 1.165) is 82.5 Å². The summed E-state index contributed by atoms with van der Waals surface area (Å²) in [7, 11) is 0. The van der Waals surface area contributed by atoms with Crippen molar-refractivity contribution in [2.45, 2.75) is 69.9 Å². The molecule has 0 radical (unpaired) electrons. The number of nitrogens with zero attached hydrogens (tertiary/aromatic N) is 3. The molecule has 0 spiro atoms. The Morgan fingerprint density at radius 2 is 1.79 bits per heavy atom. The molecule has 5 fully saturated rings. The van der Waals surface area contributed by atoms with Crippen LogP contribution in [0.2, 0.25) is 0 Å². The number of likely N-dealkylation sites (N-methyl/N-ethyl adjacent to an activating group) is 1. The molecule has 206 valence electrons. The highest BCUT2D eigenvalue weighted by atomic mass is 16.5. The first-order valence-corrected chi connectivity index (χ1v) is 14.8. The van der Waals surface area contributed by atoms with Gasteiger partial charge in [0.2, 0.25) is 11.8 Å². The van der Waals surface area contributed by atoms with Crippen LogP contribution in [0.25, 0.3) is 0 Å². The van der Waals surface area contributed by atoms with Crippen molar-refractivity contribution in [1.29, 1.82) is 0 Å². The minimum Gasteiger partial charge on any atom is -0.369 e. The summed E-state index contributed by atoms with van der Waals surface area (Å²) < 4.78 is 5.96. The second-order valence-electron chi connectivity index (χ2n) is 12.1. The highest BCUT2D eigenvalue weighted by molar-refractivity contribution is 5.99. The third kappa shape index (κ3) is 4.75. The molecule has 0 unspecified atom stereocenters. The van der Waals surface area contributed by atoms with Gasteiger partial charge in [-0.3, -0.25) is 14.4 Å². The zero-order valence-electron chi connectivity index (χ0n) is 22.6. The minimum atomic E-state index is -0.494. The van der Waals surface area contributed by atoms with Gasteiger partial charge < -0.3 is 25.2 Å². The molecule has 1 aromatic carbocycles. The largest absolute Gasteiger partial charge is 0.369 e. The van der Waals surface area contributed by atoms with Gasteiger partial charge in [-0.05, 0) is 67.8 Å². The van der Waals surface area contributed by atoms with Crippen LogP contribution in [0.1, 0.15) is 73.7 Å². The third-order valence-corrected chi connectivity index (χ3v) is 9.94. The predicted octanol–water partition coefficient (Wildman–Crippen LogP) is 2.80. The van der Waals surface area contributed by atoms with E-state index in [-0.39, 0.29) is 36.2 Å². The van der Waals surface area contributed by atoms with Crippen LogP contribution >= 0.6 is 0 Å². The molecule has 5 aliphatic rings. The van der Waals surface area contributed by atoms with E-state index in [1.807, 2.05) is 17.0 Å². The maximum absolute atomic E-state index is 14.6. The number of ether oxygens (including phenoxy) is 1. The number of hydrogen-bond acceptors (Lipinski definition) is 6. The van der Waals surface area contributed by atoms with Gasteiger partial charge in [-0.25, -0.2) is 0 Å². The van der Waals surface area contributed by atoms with Crippen molar-refractivity contribution in [2.75, 3.05) is 50.8 Å². The lowest BCUT2D eigenvalue weighted by atomic mass is 9.74. The Morgan fingerprint density at radius 1 is 1.05 bits per heavy atom. The molecule has 2 N–H and O–H groups in total. The number of likely N-dealkylation sites (tertiary alicyclic amines) is 1. The van der Waals surface area contributed by atoms with E-state index >= 15 is 0 Å². The molecule has 2 amide bonds. The summed E-state index contributed by atoms with van der Waals surface area (Å²) >= 11 is 0. The molecule has 2 saturated carbocycles. The van der Waals surface area contributed by atoms with Gasteiger partial charge in [-0.2, -0.15) is 0 Å². The molecular formula is C30H42N4O4. The third-order valence-electron chi connectivity index (χ3n) is 9.94. The maximum Gasteiger partial charge on any atom is 0.249 e. The lowest BCUT2D eigenvalue weighted by Gasteiger charge is -2.37. The number of hydrogen-bond donors (Lipinski definition) is 1. The van der Waals surface area contributed by atoms with Gasteiger partial charge >= 0.3 is 0 Å². The number of piperazine rings is 1. The molecular weight excluding hydrogens is 480 g/mol. The van der Waals surface area contributed by atoms with E-state index in [1.54, 1.807) is 0 Å². The van der Waals surface area contributed by atoms with Crippen molar-refractivity contribution in [2.24, 2.45) is 23.5 Å². The second kappa shape index (κ2) is 10.6. The van der Waals surface area contributed by atoms with E-state index in [4.69, 9.17) is 10.5 Å². The molecule has 0 aromatic heterocycles. The van der Waals surface area contributed by atoms with Crippen LogP contribution in [0.5, 0.6) is 0 Å². The number of carbonyl (C=O) groups excluding carboxylic acids is 3. The molecule has 38 heavy (non-hydrogen) atoms. The zero-order chi connectivity index (χ0) is 26.4. The molecule has 6 rings (SSSR count). The van der Waals surface area contributed by atoms with Crippen LogP contribution in [-0.4, -0.2) is 85.4 Å². The number of nitrogens with two attached hydrogens (primary N) is 1. The first-order chi connectivity index (χ1) is 18.5. The summed E-state index contributed by atoms with van der Waals surface area (Å²) in [5, 5.41) is 0. The van der Waals surface area contributed by atoms with Crippen LogP contribution in [0.15, 0.2) is 18.2 Å². The number of anilines is 1. The van der Waals surface area contributed by atoms with E-state index in [2.05, 4.69) is 22.8 Å². The van der Waals surface area contributed by atoms with Crippen molar-refractivity contribution >= 4 is 23.3 Å². The standard InChI is InChI=1S/C30H42N4O4/c1-2-32-12-14-33(15-13-32)21-10-11-22(29(31)36)23(16-21)26(20-6-4-3-5-7-20)30(37)34-17-24(19-8-9-19)28-27(34)25(35)18-38-28/h10-11,16,19-20,24,26-28H,2-9,12-15,17-18H2,1H3,(H2,31,36)/t24-,26+,27-,28-/m1/s1. The van der Waals surface area contributed by atoms with E-state index < -0.39 is 17.9 Å². The van der Waals surface area contributed by atoms with Crippen LogP contribution in [0.4, 0.5) is 5.69 Å². The molecule has 3 saturated heterocycles. The Morgan fingerprint density at radius 3 is 2.45 bits per heavy atom. The van der Waals surface area contributed by atoms with Gasteiger partial charge in [0, 0.05) is 49.9 Å². The summed E-state index contributed by atoms with van der Waals surface area (Å²) in [6, 6.07) is 5.39. The van der Waals surface area contributed by atoms with Crippen LogP contribution in [-0.2, 0) is 14.3 Å². The summed E-state index contributed by atoms with van der Waals surface area (Å²) in [4.78, 5) is 46.9. The summed E-state index contributed by atoms with van der Waals surface area (Å²) in [6.07, 6.45) is 7.36. The first-order valence-electron chi connectivity index (χ1n) is 14.8. The minimum absolute atomic E-state index is 0.00986. The van der Waals surface area contributed by atoms with E-state index in [0.29, 0.717) is 18.0 Å². The van der Waals surface area contributed by atoms with Crippen molar-refractivity contribution in [3.8, 4) is 0 Å². The van der Waals surface area contributed by atoms with E-state index in [1.165, 1.54) is 6.42 Å². The van der Waals surface area contributed by atoms with Crippen molar-refractivity contribution in [3.63, 3.8) is 0 Å². The lowest BCUT2D eigenvalue weighted by molar-refractivity contribution is -0.139. The Hall–Kier alpha value is -2.45. The molecule has 8 heteroatoms. The van der Waals surface area contributed by atoms with Crippen LogP contribution in [0, 0.1) is 17.8 Å². The summed E-state index contributed by atoms with van der Waals surface area (Å²) in [5.41, 5.74) is 8.16. The Kier molecular flexibility index (Phi) is 7.20. The Bertz CT molecular complexity index is 1070. The van der Waals surface area contributed by atoms with Gasteiger partial charge in [0.15, 0.2) is 5.78 Å². The number of ketones is 1. The quantitative estimate of drug-likeness (QED) is 0.592. The average molecular weight is 523 g/mol. The van der Waals surface area contributed by atoms with Crippen molar-refractivity contribution < 1.29 is 19.1 Å². The fourth-order valence-electron chi connectivity index (χ4n) is 7.65.